The van der Waals surface area contributed by atoms with Crippen molar-refractivity contribution in [3.8, 4) is 147 Å². The van der Waals surface area contributed by atoms with Crippen LogP contribution in [0.15, 0.2) is 365 Å². The third-order valence-corrected chi connectivity index (χ3v) is 22.5. The molecule has 3 aliphatic carbocycles. The normalized spacial score (nSPS) is 12.3. The summed E-state index contributed by atoms with van der Waals surface area (Å²) in [5, 5.41) is 0.726. The van der Waals surface area contributed by atoms with E-state index < -0.39 is 5.41 Å². The van der Waals surface area contributed by atoms with Crippen LogP contribution in [0.4, 0.5) is 0 Å². The fraction of sp³-hybridized carbons (Fsp3) is 0.0385. The second-order valence-corrected chi connectivity index (χ2v) is 30.7. The van der Waals surface area contributed by atoms with Gasteiger partial charge in [-0.3, -0.25) is 0 Å². The van der Waals surface area contributed by atoms with E-state index in [1.165, 1.54) is 66.8 Å². The zero-order valence-electron chi connectivity index (χ0n) is 64.9. The number of rotatable bonds is 12. The number of nitrogens with zero attached hydrogens (tertiary/aromatic N) is 12. The molecule has 574 valence electrons. The maximum atomic E-state index is 6.43. The predicted octanol–water partition coefficient (Wildman–Crippen LogP) is 26.7. The number of hydrogen-bond acceptors (Lipinski definition) is 12. The highest BCUT2D eigenvalue weighted by Crippen LogP contribution is 2.63. The molecule has 0 unspecified atom stereocenters. The fourth-order valence-electron chi connectivity index (χ4n) is 16.2. The predicted molar refractivity (Wildman–Crippen MR) is 488 cm³/mol. The van der Waals surface area contributed by atoms with Crippen molar-refractivity contribution in [2.75, 3.05) is 0 Å². The van der Waals surface area contributed by atoms with E-state index in [0.717, 1.165) is 77.9 Å². The van der Waals surface area contributed by atoms with Gasteiger partial charge >= 0.3 is 0 Å². The van der Waals surface area contributed by atoms with Crippen molar-refractivity contribution in [3.05, 3.63) is 431 Å². The van der Waals surface area contributed by atoms with Crippen molar-refractivity contribution >= 4 is 58.6 Å². The molecule has 0 radical (unpaired) electrons. The van der Waals surface area contributed by atoms with Crippen LogP contribution >= 0.6 is 46.4 Å². The van der Waals surface area contributed by atoms with Gasteiger partial charge in [-0.2, -0.15) is 39.9 Å². The summed E-state index contributed by atoms with van der Waals surface area (Å²) >= 11 is 25.1. The van der Waals surface area contributed by atoms with Gasteiger partial charge in [0.1, 0.15) is 0 Å². The van der Waals surface area contributed by atoms with E-state index in [9.17, 15) is 0 Å². The smallest absolute Gasteiger partial charge is 0.208 e. The maximum absolute atomic E-state index is 6.43. The van der Waals surface area contributed by atoms with Crippen molar-refractivity contribution in [2.24, 2.45) is 0 Å². The molecule has 0 amide bonds. The fourth-order valence-corrected chi connectivity index (χ4v) is 16.9. The Labute approximate surface area is 715 Å². The first kappa shape index (κ1) is 77.0. The van der Waals surface area contributed by atoms with Crippen molar-refractivity contribution in [3.63, 3.8) is 0 Å². The van der Waals surface area contributed by atoms with Crippen LogP contribution in [0.1, 0.15) is 58.4 Å². The third-order valence-electron chi connectivity index (χ3n) is 21.8. The summed E-state index contributed by atoms with van der Waals surface area (Å²) in [6.07, 6.45) is 3.56. The minimum Gasteiger partial charge on any atom is -0.208 e. The van der Waals surface area contributed by atoms with E-state index in [1.807, 2.05) is 176 Å². The highest BCUT2D eigenvalue weighted by atomic mass is 35.5. The molecule has 0 bridgehead atoms. The van der Waals surface area contributed by atoms with Gasteiger partial charge in [0.2, 0.25) is 21.1 Å². The molecule has 1 spiro atoms. The average molecular weight is 1630 g/mol. The van der Waals surface area contributed by atoms with Crippen LogP contribution in [0.2, 0.25) is 21.1 Å². The van der Waals surface area contributed by atoms with Gasteiger partial charge in [-0.25, -0.2) is 19.9 Å². The Morgan fingerprint density at radius 2 is 0.450 bits per heavy atom. The van der Waals surface area contributed by atoms with Crippen LogP contribution in [0.3, 0.4) is 0 Å². The van der Waals surface area contributed by atoms with E-state index in [4.69, 9.17) is 56.4 Å². The summed E-state index contributed by atoms with van der Waals surface area (Å²) in [7, 11) is 0. The summed E-state index contributed by atoms with van der Waals surface area (Å²) in [6, 6.07) is 120. The van der Waals surface area contributed by atoms with Gasteiger partial charge < -0.3 is 0 Å². The molecule has 120 heavy (non-hydrogen) atoms. The average Bonchev–Trinajstić information content (AvgIpc) is 1.51. The van der Waals surface area contributed by atoms with Gasteiger partial charge in [-0.15, -0.1) is 0 Å². The summed E-state index contributed by atoms with van der Waals surface area (Å²) in [4.78, 5) is 53.7. The standard InChI is InChI=1S/C34H20ClN3.C27H18ClN3.C24H18ClN3.C19H14ClN3/c35-33-37-31(21-10-2-1-3-11-21)36-32(38-33)22-18-19-26-25-14-6-9-17-29(25)34(30(26)20-22)27-15-7-4-12-23(27)24-13-5-8-16-28(24)34;28-27-30-25(21-14-8-3-9-15-21)29-26(31-27)24-17-22(19-10-4-1-5-11-19)16-23(18-24)20-12-6-2-7-13-20;1-24(2)19-11-7-6-10-17(19)18-13-12-16(14-20(18)24)22-26-21(27-23(25)28-22)15-8-4-3-5-9-15;1-3-13-7-5-9-15(11-13)17-21-18(23-19(20)22-17)16-10-6-8-14(4-2)12-16/h1-20H;1-18H;3-14H,1-2H3;3-12H,1-2H2. The third kappa shape index (κ3) is 15.3. The Bertz CT molecular complexity index is 6740. The highest BCUT2D eigenvalue weighted by molar-refractivity contribution is 6.29. The van der Waals surface area contributed by atoms with Crippen molar-refractivity contribution in [1.29, 1.82) is 0 Å². The van der Waals surface area contributed by atoms with Gasteiger partial charge in [0.05, 0.1) is 5.41 Å². The lowest BCUT2D eigenvalue weighted by atomic mass is 9.70. The van der Waals surface area contributed by atoms with Crippen molar-refractivity contribution in [2.45, 2.75) is 24.7 Å². The number of aromatic nitrogens is 12. The molecule has 0 N–H and O–H groups in total. The highest BCUT2D eigenvalue weighted by Gasteiger charge is 2.51. The minimum absolute atomic E-state index is 0.0684. The van der Waals surface area contributed by atoms with Gasteiger partial charge in [0, 0.05) is 49.9 Å². The SMILES string of the molecule is C=Cc1cccc(-c2nc(Cl)nc(-c3cccc(C=C)c3)n2)c1.CC1(C)c2ccccc2-c2ccc(-c3nc(Cl)nc(-c4ccccc4)n3)cc21.Clc1nc(-c2ccccc2)nc(-c2cc(-c3ccccc3)cc(-c3ccccc3)c2)n1.Clc1nc(-c2ccccc2)nc(-c2ccc3c(c2)C2(c4ccccc4-c4ccccc42)c2ccccc2-3)n1. The Morgan fingerprint density at radius 1 is 0.200 bits per heavy atom. The van der Waals surface area contributed by atoms with Crippen molar-refractivity contribution < 1.29 is 0 Å². The molecular formula is C104H70Cl4N12. The van der Waals surface area contributed by atoms with Crippen LogP contribution < -0.4 is 0 Å². The summed E-state index contributed by atoms with van der Waals surface area (Å²) < 4.78 is 0. The minimum atomic E-state index is -0.409. The largest absolute Gasteiger partial charge is 0.226 e. The van der Waals surface area contributed by atoms with E-state index in [-0.39, 0.29) is 26.5 Å². The monoisotopic (exact) mass is 1630 g/mol. The lowest BCUT2D eigenvalue weighted by molar-refractivity contribution is 0.660. The molecule has 0 fully saturated rings. The molecule has 0 saturated carbocycles. The molecule has 16 heteroatoms. The number of hydrogen-bond donors (Lipinski definition) is 0. The van der Waals surface area contributed by atoms with Gasteiger partial charge in [0.15, 0.2) is 46.6 Å². The van der Waals surface area contributed by atoms with Crippen LogP contribution in [0.25, 0.3) is 159 Å². The molecule has 0 saturated heterocycles. The van der Waals surface area contributed by atoms with Crippen LogP contribution in [0, 0.1) is 0 Å². The molecule has 14 aromatic carbocycles. The van der Waals surface area contributed by atoms with Crippen LogP contribution in [-0.4, -0.2) is 59.8 Å². The molecule has 4 aromatic heterocycles. The van der Waals surface area contributed by atoms with E-state index in [0.29, 0.717) is 46.6 Å². The van der Waals surface area contributed by atoms with Crippen molar-refractivity contribution in [1.82, 2.24) is 59.8 Å². The summed E-state index contributed by atoms with van der Waals surface area (Å²) in [5.74, 6) is 4.48. The first-order valence-corrected chi connectivity index (χ1v) is 40.5. The first-order chi connectivity index (χ1) is 58.7. The summed E-state index contributed by atoms with van der Waals surface area (Å²) in [6.45, 7) is 12.1. The van der Waals surface area contributed by atoms with Gasteiger partial charge in [-0.1, -0.05) is 349 Å². The molecule has 0 atom stereocenters. The summed E-state index contributed by atoms with van der Waals surface area (Å²) in [5.41, 5.74) is 28.6. The molecule has 0 aliphatic heterocycles. The topological polar surface area (TPSA) is 155 Å². The second-order valence-electron chi connectivity index (χ2n) is 29.4. The second kappa shape index (κ2) is 33.4. The van der Waals surface area contributed by atoms with E-state index in [1.54, 1.807) is 12.2 Å². The van der Waals surface area contributed by atoms with Gasteiger partial charge in [0.25, 0.3) is 0 Å². The first-order valence-electron chi connectivity index (χ1n) is 39.0. The lowest BCUT2D eigenvalue weighted by Gasteiger charge is -2.30. The van der Waals surface area contributed by atoms with Crippen LogP contribution in [0.5, 0.6) is 0 Å². The van der Waals surface area contributed by atoms with E-state index >= 15 is 0 Å². The lowest BCUT2D eigenvalue weighted by Crippen LogP contribution is -2.25. The number of fused-ring (bicyclic) bond motifs is 13. The quantitative estimate of drug-likeness (QED) is 0.114. The number of benzene rings is 14. The molecular weight excluding hydrogens is 1560 g/mol. The zero-order valence-corrected chi connectivity index (χ0v) is 68.0. The Kier molecular flexibility index (Phi) is 21.4. The molecule has 4 heterocycles. The number of halogens is 4. The van der Waals surface area contributed by atoms with Gasteiger partial charge in [-0.05, 0) is 189 Å². The zero-order chi connectivity index (χ0) is 81.9. The van der Waals surface area contributed by atoms with E-state index in [2.05, 4.69) is 253 Å². The van der Waals surface area contributed by atoms with Crippen LogP contribution in [-0.2, 0) is 10.8 Å². The Hall–Kier alpha value is -14.2. The maximum Gasteiger partial charge on any atom is 0.226 e. The molecule has 12 nitrogen and oxygen atoms in total. The molecule has 18 aromatic rings. The molecule has 3 aliphatic rings. The Balaban J connectivity index is 0.000000112. The molecule has 21 rings (SSSR count). The Morgan fingerprint density at radius 3 is 0.800 bits per heavy atom.